The van der Waals surface area contributed by atoms with Crippen molar-refractivity contribution in [3.05, 3.63) is 23.7 Å². The summed E-state index contributed by atoms with van der Waals surface area (Å²) in [7, 11) is 0. The summed E-state index contributed by atoms with van der Waals surface area (Å²) in [5.41, 5.74) is 5.29. The van der Waals surface area contributed by atoms with Crippen molar-refractivity contribution in [1.29, 1.82) is 0 Å². The zero-order chi connectivity index (χ0) is 7.98. The summed E-state index contributed by atoms with van der Waals surface area (Å²) in [4.78, 5) is 4.98. The number of nitrogens with two attached hydrogens (primary N) is 1. The van der Waals surface area contributed by atoms with E-state index in [2.05, 4.69) is 11.6 Å². The van der Waals surface area contributed by atoms with Crippen molar-refractivity contribution in [3.63, 3.8) is 0 Å². The Morgan fingerprint density at radius 2 is 2.30 bits per heavy atom. The second-order valence-corrected chi connectivity index (χ2v) is 2.98. The smallest absolute Gasteiger partial charge is 0.180 e. The Kier molecular flexibility index (Phi) is 4.58. The van der Waals surface area contributed by atoms with Crippen molar-refractivity contribution in [1.82, 2.24) is 4.98 Å². The van der Waals surface area contributed by atoms with Crippen LogP contribution >= 0.6 is 11.3 Å². The molecule has 56 valence electrons. The highest BCUT2D eigenvalue weighted by molar-refractivity contribution is 7.15. The van der Waals surface area contributed by atoms with Crippen LogP contribution in [0.15, 0.2) is 18.9 Å². The summed E-state index contributed by atoms with van der Waals surface area (Å²) >= 11 is 1.51. The van der Waals surface area contributed by atoms with Gasteiger partial charge in [-0.2, -0.15) is 0 Å². The summed E-state index contributed by atoms with van der Waals surface area (Å²) in [6.07, 6.45) is 3.51. The number of nitrogens with zero attached hydrogens (tertiary/aromatic N) is 1. The highest BCUT2D eigenvalue weighted by Gasteiger charge is 1.86. The second kappa shape index (κ2) is 4.99. The molecule has 1 rings (SSSR count). The van der Waals surface area contributed by atoms with Gasteiger partial charge in [0.1, 0.15) is 0 Å². The van der Waals surface area contributed by atoms with Crippen molar-refractivity contribution >= 4 is 16.5 Å². The Morgan fingerprint density at radius 1 is 1.80 bits per heavy atom. The quantitative estimate of drug-likeness (QED) is 0.585. The zero-order valence-corrected chi connectivity index (χ0v) is 7.11. The maximum atomic E-state index is 5.29. The molecule has 0 saturated carbocycles. The maximum absolute atomic E-state index is 5.29. The van der Waals surface area contributed by atoms with Gasteiger partial charge in [-0.05, 0) is 13.8 Å². The van der Waals surface area contributed by atoms with Crippen LogP contribution in [0, 0.1) is 6.92 Å². The second-order valence-electron chi connectivity index (χ2n) is 1.72. The van der Waals surface area contributed by atoms with Crippen LogP contribution in [0.3, 0.4) is 0 Å². The number of aromatic nitrogens is 1. The molecule has 0 radical (unpaired) electrons. The number of hydrogen-bond donors (Lipinski definition) is 1. The number of rotatable bonds is 0. The Labute approximate surface area is 65.4 Å². The van der Waals surface area contributed by atoms with Gasteiger partial charge in [-0.15, -0.1) is 17.9 Å². The molecule has 1 aromatic heterocycles. The Hall–Kier alpha value is -0.830. The summed E-state index contributed by atoms with van der Waals surface area (Å²) in [5.74, 6) is 0. The number of anilines is 1. The molecule has 0 amide bonds. The molecule has 2 nitrogen and oxygen atoms in total. The lowest BCUT2D eigenvalue weighted by atomic mass is 10.7. The number of allylic oxidation sites excluding steroid dienone is 1. The lowest BCUT2D eigenvalue weighted by Gasteiger charge is -1.70. The van der Waals surface area contributed by atoms with E-state index in [-0.39, 0.29) is 0 Å². The van der Waals surface area contributed by atoms with Gasteiger partial charge in [0.05, 0.1) is 0 Å². The normalized spacial score (nSPS) is 7.80. The Morgan fingerprint density at radius 3 is 2.40 bits per heavy atom. The van der Waals surface area contributed by atoms with Gasteiger partial charge in [-0.1, -0.05) is 6.08 Å². The number of thiazole rings is 1. The molecule has 10 heavy (non-hydrogen) atoms. The van der Waals surface area contributed by atoms with Gasteiger partial charge in [0, 0.05) is 11.1 Å². The molecule has 0 fully saturated rings. The van der Waals surface area contributed by atoms with Crippen molar-refractivity contribution in [3.8, 4) is 0 Å². The lowest BCUT2D eigenvalue weighted by molar-refractivity contribution is 1.39. The fourth-order valence-electron chi connectivity index (χ4n) is 0.372. The molecule has 1 aromatic rings. The van der Waals surface area contributed by atoms with Crippen molar-refractivity contribution in [2.75, 3.05) is 5.73 Å². The molecule has 0 saturated heterocycles. The SMILES string of the molecule is C=CC.Cc1cnc(N)s1. The van der Waals surface area contributed by atoms with Gasteiger partial charge in [0.15, 0.2) is 5.13 Å². The Balaban J connectivity index is 0.000000236. The van der Waals surface area contributed by atoms with Crippen LogP contribution in [0.25, 0.3) is 0 Å². The molecule has 0 spiro atoms. The van der Waals surface area contributed by atoms with Crippen LogP contribution in [0.5, 0.6) is 0 Å². The van der Waals surface area contributed by atoms with Crippen molar-refractivity contribution < 1.29 is 0 Å². The molecule has 2 N–H and O–H groups in total. The molecule has 0 aliphatic heterocycles. The summed E-state index contributed by atoms with van der Waals surface area (Å²) in [6.45, 7) is 7.23. The van der Waals surface area contributed by atoms with Gasteiger partial charge < -0.3 is 5.73 Å². The fourth-order valence-corrected chi connectivity index (χ4v) is 0.913. The van der Waals surface area contributed by atoms with Crippen molar-refractivity contribution in [2.24, 2.45) is 0 Å². The lowest BCUT2D eigenvalue weighted by Crippen LogP contribution is -1.77. The molecule has 0 aliphatic carbocycles. The van der Waals surface area contributed by atoms with Crippen LogP contribution in [-0.2, 0) is 0 Å². The first-order chi connectivity index (χ1) is 4.70. The number of aryl methyl sites for hydroxylation is 1. The minimum atomic E-state index is 0.650. The van der Waals surface area contributed by atoms with E-state index >= 15 is 0 Å². The standard InChI is InChI=1S/C4H6N2S.C3H6/c1-3-2-6-4(5)7-3;1-3-2/h2H,1H3,(H2,5,6);3H,1H2,2H3. The van der Waals surface area contributed by atoms with Crippen LogP contribution in [0.4, 0.5) is 5.13 Å². The van der Waals surface area contributed by atoms with E-state index in [1.165, 1.54) is 11.3 Å². The van der Waals surface area contributed by atoms with Crippen LogP contribution < -0.4 is 5.73 Å². The van der Waals surface area contributed by atoms with Crippen molar-refractivity contribution in [2.45, 2.75) is 13.8 Å². The zero-order valence-electron chi connectivity index (χ0n) is 6.29. The molecular formula is C7H12N2S. The highest BCUT2D eigenvalue weighted by atomic mass is 32.1. The van der Waals surface area contributed by atoms with Gasteiger partial charge in [0.25, 0.3) is 0 Å². The topological polar surface area (TPSA) is 38.9 Å². The summed E-state index contributed by atoms with van der Waals surface area (Å²) in [5, 5.41) is 0.650. The minimum Gasteiger partial charge on any atom is -0.375 e. The first-order valence-corrected chi connectivity index (χ1v) is 3.77. The van der Waals surface area contributed by atoms with Crippen LogP contribution in [0.2, 0.25) is 0 Å². The average Bonchev–Trinajstić information content (AvgIpc) is 2.17. The number of hydrogen-bond acceptors (Lipinski definition) is 3. The third-order valence-electron chi connectivity index (χ3n) is 0.639. The van der Waals surface area contributed by atoms with Gasteiger partial charge >= 0.3 is 0 Å². The summed E-state index contributed by atoms with van der Waals surface area (Å²) < 4.78 is 0. The highest BCUT2D eigenvalue weighted by Crippen LogP contribution is 2.11. The first kappa shape index (κ1) is 9.17. The third-order valence-corrected chi connectivity index (χ3v) is 1.38. The van der Waals surface area contributed by atoms with Crippen LogP contribution in [0.1, 0.15) is 11.8 Å². The van der Waals surface area contributed by atoms with Gasteiger partial charge in [-0.25, -0.2) is 4.98 Å². The van der Waals surface area contributed by atoms with E-state index in [1.807, 2.05) is 13.8 Å². The van der Waals surface area contributed by atoms with Gasteiger partial charge in [0.2, 0.25) is 0 Å². The average molecular weight is 156 g/mol. The molecule has 0 aliphatic rings. The predicted octanol–water partition coefficient (Wildman–Crippen LogP) is 2.23. The molecule has 1 heterocycles. The Bertz CT molecular complexity index is 177. The molecular weight excluding hydrogens is 144 g/mol. The van der Waals surface area contributed by atoms with Gasteiger partial charge in [-0.3, -0.25) is 0 Å². The monoisotopic (exact) mass is 156 g/mol. The third kappa shape index (κ3) is 4.09. The van der Waals surface area contributed by atoms with E-state index in [9.17, 15) is 0 Å². The fraction of sp³-hybridized carbons (Fsp3) is 0.286. The van der Waals surface area contributed by atoms with E-state index in [1.54, 1.807) is 12.3 Å². The molecule has 0 aromatic carbocycles. The summed E-state index contributed by atoms with van der Waals surface area (Å²) in [6, 6.07) is 0. The predicted molar refractivity (Wildman–Crippen MR) is 47.1 cm³/mol. The van der Waals surface area contributed by atoms with E-state index in [4.69, 9.17) is 5.73 Å². The van der Waals surface area contributed by atoms with Crippen LogP contribution in [-0.4, -0.2) is 4.98 Å². The molecule has 0 bridgehead atoms. The van der Waals surface area contributed by atoms with E-state index in [0.29, 0.717) is 5.13 Å². The maximum Gasteiger partial charge on any atom is 0.180 e. The molecule has 3 heteroatoms. The first-order valence-electron chi connectivity index (χ1n) is 2.95. The molecule has 0 atom stereocenters. The van der Waals surface area contributed by atoms with E-state index in [0.717, 1.165) is 4.88 Å². The number of nitrogen functional groups attached to an aromatic ring is 1. The minimum absolute atomic E-state index is 0.650. The van der Waals surface area contributed by atoms with E-state index < -0.39 is 0 Å². The molecule has 0 unspecified atom stereocenters. The largest absolute Gasteiger partial charge is 0.375 e.